The van der Waals surface area contributed by atoms with Gasteiger partial charge in [-0.25, -0.2) is 12.8 Å². The fourth-order valence-electron chi connectivity index (χ4n) is 1.85. The van der Waals surface area contributed by atoms with Crippen LogP contribution in [0.1, 0.15) is 33.6 Å². The van der Waals surface area contributed by atoms with E-state index in [1.54, 1.807) is 0 Å². The molecule has 2 atom stereocenters. The average Bonchev–Trinajstić information content (AvgIpc) is 2.37. The van der Waals surface area contributed by atoms with Crippen LogP contribution in [0.2, 0.25) is 0 Å². The van der Waals surface area contributed by atoms with Crippen LogP contribution in [-0.4, -0.2) is 25.6 Å². The molecule has 1 N–H and O–H groups in total. The highest BCUT2D eigenvalue weighted by molar-refractivity contribution is 7.92. The topological polar surface area (TPSA) is 63.2 Å². The molecular formula is C14H20FNO3S. The number of amides is 1. The van der Waals surface area contributed by atoms with Crippen LogP contribution in [0.25, 0.3) is 0 Å². The number of sulfone groups is 1. The summed E-state index contributed by atoms with van der Waals surface area (Å²) in [5.41, 5.74) is 0. The predicted octanol–water partition coefficient (Wildman–Crippen LogP) is 2.29. The fourth-order valence-corrected chi connectivity index (χ4v) is 3.16. The van der Waals surface area contributed by atoms with Crippen molar-refractivity contribution < 1.29 is 17.6 Å². The molecule has 2 unspecified atom stereocenters. The number of hydrogen-bond acceptors (Lipinski definition) is 3. The SMILES string of the molecule is CCCC(C)NC(=O)C(C)S(=O)(=O)c1cccc(F)c1. The molecule has 6 heteroatoms. The molecule has 0 saturated carbocycles. The zero-order valence-corrected chi connectivity index (χ0v) is 12.7. The van der Waals surface area contributed by atoms with Crippen LogP contribution in [0.4, 0.5) is 4.39 Å². The second kappa shape index (κ2) is 6.83. The van der Waals surface area contributed by atoms with Gasteiger partial charge in [-0.2, -0.15) is 0 Å². The smallest absolute Gasteiger partial charge is 0.238 e. The lowest BCUT2D eigenvalue weighted by Crippen LogP contribution is -2.42. The number of benzene rings is 1. The van der Waals surface area contributed by atoms with Crippen molar-refractivity contribution in [3.05, 3.63) is 30.1 Å². The summed E-state index contributed by atoms with van der Waals surface area (Å²) in [6, 6.07) is 4.60. The molecule has 0 heterocycles. The van der Waals surface area contributed by atoms with Crippen molar-refractivity contribution in [3.63, 3.8) is 0 Å². The van der Waals surface area contributed by atoms with Crippen molar-refractivity contribution in [2.45, 2.75) is 49.8 Å². The Hall–Kier alpha value is -1.43. The maximum absolute atomic E-state index is 13.1. The van der Waals surface area contributed by atoms with Gasteiger partial charge in [-0.05, 0) is 38.5 Å². The maximum atomic E-state index is 13.1. The first-order valence-electron chi connectivity index (χ1n) is 6.59. The van der Waals surface area contributed by atoms with E-state index in [0.717, 1.165) is 25.0 Å². The Balaban J connectivity index is 2.89. The maximum Gasteiger partial charge on any atom is 0.238 e. The second-order valence-electron chi connectivity index (χ2n) is 4.84. The molecule has 0 aliphatic heterocycles. The third-order valence-electron chi connectivity index (χ3n) is 3.07. The molecule has 1 aromatic rings. The number of carbonyl (C=O) groups is 1. The van der Waals surface area contributed by atoms with Crippen molar-refractivity contribution in [2.75, 3.05) is 0 Å². The van der Waals surface area contributed by atoms with Gasteiger partial charge in [0.1, 0.15) is 11.1 Å². The van der Waals surface area contributed by atoms with Crippen molar-refractivity contribution >= 4 is 15.7 Å². The van der Waals surface area contributed by atoms with E-state index in [1.807, 2.05) is 13.8 Å². The van der Waals surface area contributed by atoms with Crippen LogP contribution >= 0.6 is 0 Å². The van der Waals surface area contributed by atoms with E-state index in [4.69, 9.17) is 0 Å². The van der Waals surface area contributed by atoms with E-state index in [9.17, 15) is 17.6 Å². The highest BCUT2D eigenvalue weighted by atomic mass is 32.2. The number of hydrogen-bond donors (Lipinski definition) is 1. The molecule has 0 bridgehead atoms. The van der Waals surface area contributed by atoms with E-state index in [0.29, 0.717) is 0 Å². The quantitative estimate of drug-likeness (QED) is 0.877. The molecule has 0 radical (unpaired) electrons. The molecule has 0 spiro atoms. The number of rotatable bonds is 6. The Labute approximate surface area is 119 Å². The van der Waals surface area contributed by atoms with Gasteiger partial charge >= 0.3 is 0 Å². The molecule has 112 valence electrons. The van der Waals surface area contributed by atoms with E-state index in [2.05, 4.69) is 5.32 Å². The van der Waals surface area contributed by atoms with Gasteiger partial charge in [0.2, 0.25) is 5.91 Å². The molecule has 4 nitrogen and oxygen atoms in total. The van der Waals surface area contributed by atoms with Crippen LogP contribution in [0.5, 0.6) is 0 Å². The zero-order chi connectivity index (χ0) is 15.3. The number of halogens is 1. The molecule has 1 amide bonds. The summed E-state index contributed by atoms with van der Waals surface area (Å²) in [6.07, 6.45) is 1.67. The van der Waals surface area contributed by atoms with E-state index in [1.165, 1.54) is 19.1 Å². The van der Waals surface area contributed by atoms with Gasteiger partial charge in [0, 0.05) is 6.04 Å². The van der Waals surface area contributed by atoms with Gasteiger partial charge in [0.15, 0.2) is 9.84 Å². The summed E-state index contributed by atoms with van der Waals surface area (Å²) >= 11 is 0. The lowest BCUT2D eigenvalue weighted by Gasteiger charge is -2.17. The van der Waals surface area contributed by atoms with E-state index in [-0.39, 0.29) is 10.9 Å². The molecule has 1 rings (SSSR count). The fraction of sp³-hybridized carbons (Fsp3) is 0.500. The standard InChI is InChI=1S/C14H20FNO3S/c1-4-6-10(2)16-14(17)11(3)20(18,19)13-8-5-7-12(15)9-13/h5,7-11H,4,6H2,1-3H3,(H,16,17). The molecule has 1 aromatic carbocycles. The van der Waals surface area contributed by atoms with Gasteiger partial charge in [0.05, 0.1) is 4.90 Å². The third kappa shape index (κ3) is 4.03. The molecule has 20 heavy (non-hydrogen) atoms. The summed E-state index contributed by atoms with van der Waals surface area (Å²) in [6.45, 7) is 5.12. The van der Waals surface area contributed by atoms with E-state index < -0.39 is 26.8 Å². The van der Waals surface area contributed by atoms with Crippen molar-refractivity contribution in [3.8, 4) is 0 Å². The Morgan fingerprint density at radius 2 is 2.00 bits per heavy atom. The molecule has 0 aliphatic carbocycles. The Bertz CT molecular complexity index is 572. The average molecular weight is 301 g/mol. The predicted molar refractivity (Wildman–Crippen MR) is 75.6 cm³/mol. The Morgan fingerprint density at radius 1 is 1.35 bits per heavy atom. The van der Waals surface area contributed by atoms with Gasteiger partial charge in [0.25, 0.3) is 0 Å². The first-order valence-corrected chi connectivity index (χ1v) is 8.13. The minimum absolute atomic E-state index is 0.0855. The molecule has 0 aliphatic rings. The van der Waals surface area contributed by atoms with Gasteiger partial charge in [-0.15, -0.1) is 0 Å². The Kier molecular flexibility index (Phi) is 5.68. The molecule has 0 saturated heterocycles. The lowest BCUT2D eigenvalue weighted by molar-refractivity contribution is -0.121. The van der Waals surface area contributed by atoms with Crippen LogP contribution in [0.3, 0.4) is 0 Å². The lowest BCUT2D eigenvalue weighted by atomic mass is 10.2. The third-order valence-corrected chi connectivity index (χ3v) is 5.13. The van der Waals surface area contributed by atoms with Crippen LogP contribution in [0.15, 0.2) is 29.2 Å². The van der Waals surface area contributed by atoms with E-state index >= 15 is 0 Å². The van der Waals surface area contributed by atoms with Crippen LogP contribution < -0.4 is 5.32 Å². The number of carbonyl (C=O) groups excluding carboxylic acids is 1. The van der Waals surface area contributed by atoms with Crippen molar-refractivity contribution in [1.29, 1.82) is 0 Å². The highest BCUT2D eigenvalue weighted by Crippen LogP contribution is 2.17. The summed E-state index contributed by atoms with van der Waals surface area (Å²) in [5.74, 6) is -1.20. The van der Waals surface area contributed by atoms with Crippen molar-refractivity contribution in [2.24, 2.45) is 0 Å². The molecular weight excluding hydrogens is 281 g/mol. The monoisotopic (exact) mass is 301 g/mol. The normalized spacial score (nSPS) is 14.6. The molecule has 0 aromatic heterocycles. The second-order valence-corrected chi connectivity index (χ2v) is 7.11. The minimum Gasteiger partial charge on any atom is -0.353 e. The number of nitrogens with one attached hydrogen (secondary N) is 1. The summed E-state index contributed by atoms with van der Waals surface area (Å²) < 4.78 is 37.6. The summed E-state index contributed by atoms with van der Waals surface area (Å²) in [7, 11) is -3.87. The van der Waals surface area contributed by atoms with Crippen molar-refractivity contribution in [1.82, 2.24) is 5.32 Å². The first-order chi connectivity index (χ1) is 9.28. The largest absolute Gasteiger partial charge is 0.353 e. The highest BCUT2D eigenvalue weighted by Gasteiger charge is 2.30. The van der Waals surface area contributed by atoms with Crippen LogP contribution in [-0.2, 0) is 14.6 Å². The minimum atomic E-state index is -3.87. The van der Waals surface area contributed by atoms with Gasteiger partial charge < -0.3 is 5.32 Å². The van der Waals surface area contributed by atoms with Crippen LogP contribution in [0, 0.1) is 5.82 Å². The van der Waals surface area contributed by atoms with Gasteiger partial charge in [-0.3, -0.25) is 4.79 Å². The Morgan fingerprint density at radius 3 is 2.55 bits per heavy atom. The summed E-state index contributed by atoms with van der Waals surface area (Å²) in [4.78, 5) is 11.8. The zero-order valence-electron chi connectivity index (χ0n) is 11.9. The van der Waals surface area contributed by atoms with Gasteiger partial charge in [-0.1, -0.05) is 19.4 Å². The first kappa shape index (κ1) is 16.6. The summed E-state index contributed by atoms with van der Waals surface area (Å²) in [5, 5.41) is 1.41. The molecule has 0 fully saturated rings.